The summed E-state index contributed by atoms with van der Waals surface area (Å²) in [6, 6.07) is 27.2. The van der Waals surface area contributed by atoms with Gasteiger partial charge in [-0.3, -0.25) is 0 Å². The van der Waals surface area contributed by atoms with Gasteiger partial charge in [-0.2, -0.15) is 0 Å². The van der Waals surface area contributed by atoms with E-state index in [0.29, 0.717) is 0 Å². The molecule has 0 amide bonds. The van der Waals surface area contributed by atoms with Crippen LogP contribution in [0.25, 0.3) is 32.7 Å². The minimum absolute atomic E-state index is 0.905. The van der Waals surface area contributed by atoms with Crippen molar-refractivity contribution in [1.82, 2.24) is 16.8 Å². The molecule has 4 aromatic rings. The molecule has 4 aromatic carbocycles. The van der Waals surface area contributed by atoms with Gasteiger partial charge < -0.3 is 0 Å². The third kappa shape index (κ3) is 4.54. The van der Waals surface area contributed by atoms with E-state index in [1.54, 1.807) is 0 Å². The topological polar surface area (TPSA) is 13.0 Å². The fourth-order valence-electron chi connectivity index (χ4n) is 5.52. The Balaban J connectivity index is 1.56. The second-order valence-electron chi connectivity index (χ2n) is 9.57. The Hall–Kier alpha value is -1.49. The van der Waals surface area contributed by atoms with E-state index < -0.39 is 0 Å². The molecule has 34 heavy (non-hydrogen) atoms. The zero-order valence-corrected chi connectivity index (χ0v) is 24.8. The Morgan fingerprint density at radius 3 is 1.65 bits per heavy atom. The fourth-order valence-corrected chi connectivity index (χ4v) is 7.14. The minimum atomic E-state index is 0.905. The van der Waals surface area contributed by atoms with Crippen molar-refractivity contribution in [2.24, 2.45) is 0 Å². The Morgan fingerprint density at radius 1 is 0.618 bits per heavy atom. The summed E-state index contributed by atoms with van der Waals surface area (Å²) in [7, 11) is 0. The maximum absolute atomic E-state index is 4.60. The number of rotatable bonds is 5. The zero-order chi connectivity index (χ0) is 23.1. The Kier molecular flexibility index (Phi) is 6.66. The second kappa shape index (κ2) is 9.87. The van der Waals surface area contributed by atoms with Crippen LogP contribution >= 0.6 is 12.8 Å². The van der Waals surface area contributed by atoms with Gasteiger partial charge in [-0.25, -0.2) is 0 Å². The van der Waals surface area contributed by atoms with Crippen LogP contribution in [-0.4, -0.2) is 82.4 Å². The van der Waals surface area contributed by atoms with Crippen LogP contribution in [0.15, 0.2) is 72.8 Å². The SMILES string of the molecule is SN1CCN(Cc2ccc3ccccc3c2-c2c(CN3CC[N]([Tl])C3)ccc3ccccc23)C1. The number of thiol groups is 1. The van der Waals surface area contributed by atoms with Crippen LogP contribution in [0.1, 0.15) is 11.1 Å². The molecule has 2 aliphatic heterocycles. The van der Waals surface area contributed by atoms with Crippen molar-refractivity contribution in [2.75, 3.05) is 39.5 Å². The fraction of sp³-hybridized carbons (Fsp3) is 0.286. The molecule has 0 saturated carbocycles. The second-order valence-corrected chi connectivity index (χ2v) is 13.0. The molecular weight excluding hydrogens is 629 g/mol. The molecule has 0 aromatic heterocycles. The van der Waals surface area contributed by atoms with Crippen LogP contribution in [0.2, 0.25) is 0 Å². The van der Waals surface area contributed by atoms with Crippen LogP contribution in [0.4, 0.5) is 0 Å². The third-order valence-corrected chi connectivity index (χ3v) is 9.16. The summed E-state index contributed by atoms with van der Waals surface area (Å²) in [5, 5.41) is 5.34. The molecular formula is C28H29N4STl. The van der Waals surface area contributed by atoms with E-state index in [1.165, 1.54) is 50.3 Å². The van der Waals surface area contributed by atoms with Crippen molar-refractivity contribution in [1.29, 1.82) is 0 Å². The summed E-state index contributed by atoms with van der Waals surface area (Å²) in [5.74, 6) is 0. The molecule has 0 radical (unpaired) electrons. The van der Waals surface area contributed by atoms with Gasteiger partial charge in [-0.05, 0) is 0 Å². The molecule has 2 aliphatic rings. The van der Waals surface area contributed by atoms with Gasteiger partial charge in [0.05, 0.1) is 0 Å². The predicted octanol–water partition coefficient (Wildman–Crippen LogP) is 4.74. The molecule has 6 heteroatoms. The first-order chi connectivity index (χ1) is 16.7. The van der Waals surface area contributed by atoms with Crippen molar-refractivity contribution in [3.8, 4) is 11.1 Å². The van der Waals surface area contributed by atoms with Crippen LogP contribution in [0.5, 0.6) is 0 Å². The van der Waals surface area contributed by atoms with E-state index in [9.17, 15) is 0 Å². The summed E-state index contributed by atoms with van der Waals surface area (Å²) < 4.78 is 4.68. The van der Waals surface area contributed by atoms with Crippen molar-refractivity contribution < 1.29 is 0 Å². The van der Waals surface area contributed by atoms with Gasteiger partial charge in [0.2, 0.25) is 0 Å². The van der Waals surface area contributed by atoms with Crippen LogP contribution < -0.4 is 0 Å². The zero-order valence-electron chi connectivity index (χ0n) is 19.4. The van der Waals surface area contributed by atoms with Gasteiger partial charge in [0.1, 0.15) is 0 Å². The van der Waals surface area contributed by atoms with E-state index in [4.69, 9.17) is 0 Å². The van der Waals surface area contributed by atoms with Gasteiger partial charge in [0, 0.05) is 0 Å². The standard InChI is InChI=1S/C28H29N4S.Tl/c33-32-16-15-31(20-32)18-24-12-10-22-6-2-4-8-26(22)28(24)27-23(17-30-14-13-29-19-30)11-9-21-5-1-3-7-25(21)27;/h1-12,33H,13-20H2;/q-1;+1. The summed E-state index contributed by atoms with van der Waals surface area (Å²) in [5.41, 5.74) is 5.67. The molecule has 2 heterocycles. The summed E-state index contributed by atoms with van der Waals surface area (Å²) in [6.07, 6.45) is 0. The summed E-state index contributed by atoms with van der Waals surface area (Å²) in [6.45, 7) is 8.40. The van der Waals surface area contributed by atoms with Crippen LogP contribution in [0, 0.1) is 0 Å². The van der Waals surface area contributed by atoms with Crippen LogP contribution in [-0.2, 0) is 13.1 Å². The molecule has 0 unspecified atom stereocenters. The maximum atomic E-state index is 4.60. The van der Waals surface area contributed by atoms with Gasteiger partial charge >= 0.3 is 212 Å². The van der Waals surface area contributed by atoms with E-state index in [1.807, 2.05) is 0 Å². The average Bonchev–Trinajstić information content (AvgIpc) is 3.46. The van der Waals surface area contributed by atoms with Crippen molar-refractivity contribution in [2.45, 2.75) is 13.1 Å². The number of benzene rings is 4. The molecule has 0 N–H and O–H groups in total. The Bertz CT molecular complexity index is 1240. The van der Waals surface area contributed by atoms with Crippen LogP contribution in [0.3, 0.4) is 0 Å². The number of hydrogen-bond donors (Lipinski definition) is 1. The molecule has 2 fully saturated rings. The quantitative estimate of drug-likeness (QED) is 0.246. The van der Waals surface area contributed by atoms with E-state index in [-0.39, 0.29) is 0 Å². The monoisotopic (exact) mass is 658 g/mol. The molecule has 6 rings (SSSR count). The average molecular weight is 658 g/mol. The van der Waals surface area contributed by atoms with E-state index in [2.05, 4.69) is 102 Å². The molecule has 0 aliphatic carbocycles. The van der Waals surface area contributed by atoms with Crippen molar-refractivity contribution in [3.05, 3.63) is 83.9 Å². The van der Waals surface area contributed by atoms with Crippen molar-refractivity contribution >= 4 is 60.4 Å². The first-order valence-corrected chi connectivity index (χ1v) is 14.5. The van der Waals surface area contributed by atoms with Gasteiger partial charge in [-0.15, -0.1) is 0 Å². The molecule has 4 nitrogen and oxygen atoms in total. The first kappa shape index (κ1) is 22.9. The number of hydrogen-bond acceptors (Lipinski definition) is 5. The molecule has 0 spiro atoms. The summed E-state index contributed by atoms with van der Waals surface area (Å²) >= 11 is 5.51. The van der Waals surface area contributed by atoms with Crippen molar-refractivity contribution in [3.63, 3.8) is 0 Å². The van der Waals surface area contributed by atoms with Gasteiger partial charge in [0.15, 0.2) is 0 Å². The molecule has 0 atom stereocenters. The van der Waals surface area contributed by atoms with E-state index >= 15 is 0 Å². The normalized spacial score (nSPS) is 18.5. The Morgan fingerprint density at radius 2 is 1.15 bits per heavy atom. The molecule has 0 bridgehead atoms. The predicted molar refractivity (Wildman–Crippen MR) is 146 cm³/mol. The summed E-state index contributed by atoms with van der Waals surface area (Å²) in [4.78, 5) is 5.12. The Labute approximate surface area is 223 Å². The number of nitrogens with zero attached hydrogens (tertiary/aromatic N) is 4. The first-order valence-electron chi connectivity index (χ1n) is 12.1. The molecule has 2 saturated heterocycles. The molecule has 170 valence electrons. The third-order valence-electron chi connectivity index (χ3n) is 7.19. The van der Waals surface area contributed by atoms with Gasteiger partial charge in [-0.1, -0.05) is 12.8 Å². The van der Waals surface area contributed by atoms with Gasteiger partial charge in [0.25, 0.3) is 0 Å². The number of fused-ring (bicyclic) bond motifs is 2. The van der Waals surface area contributed by atoms with E-state index in [0.717, 1.165) is 72.1 Å².